The third-order valence-corrected chi connectivity index (χ3v) is 6.56. The Kier molecular flexibility index (Phi) is 5.48. The number of nitrogens with zero attached hydrogens (tertiary/aromatic N) is 5. The summed E-state index contributed by atoms with van der Waals surface area (Å²) in [5, 5.41) is 6.41. The van der Waals surface area contributed by atoms with Crippen molar-refractivity contribution in [2.45, 2.75) is 18.5 Å². The summed E-state index contributed by atoms with van der Waals surface area (Å²) >= 11 is 1.59. The molecule has 0 aliphatic heterocycles. The van der Waals surface area contributed by atoms with Gasteiger partial charge < -0.3 is 11.5 Å². The number of hydrogen-bond donors (Lipinski definition) is 2. The molecule has 2 atom stereocenters. The van der Waals surface area contributed by atoms with Crippen molar-refractivity contribution in [1.29, 1.82) is 0 Å². The summed E-state index contributed by atoms with van der Waals surface area (Å²) in [5.41, 5.74) is 19.0. The van der Waals surface area contributed by atoms with Crippen molar-refractivity contribution in [2.75, 3.05) is 0 Å². The van der Waals surface area contributed by atoms with E-state index in [1.807, 2.05) is 48.1 Å². The van der Waals surface area contributed by atoms with Gasteiger partial charge in [-0.25, -0.2) is 9.97 Å². The van der Waals surface area contributed by atoms with Crippen LogP contribution in [0.25, 0.3) is 32.9 Å². The van der Waals surface area contributed by atoms with E-state index in [0.717, 1.165) is 38.3 Å². The Morgan fingerprint density at radius 3 is 2.47 bits per heavy atom. The van der Waals surface area contributed by atoms with Crippen molar-refractivity contribution < 1.29 is 0 Å². The molecule has 0 aliphatic carbocycles. The van der Waals surface area contributed by atoms with Crippen LogP contribution in [0.15, 0.2) is 72.5 Å². The van der Waals surface area contributed by atoms with Crippen LogP contribution in [0.1, 0.15) is 17.3 Å². The SMILES string of the molecule is Cn1nccc1-c1csc2c(C(N)C(N)Cc3ccccc3)nc(-c3ccncc3)nc12. The fourth-order valence-corrected chi connectivity index (χ4v) is 4.87. The van der Waals surface area contributed by atoms with Gasteiger partial charge in [-0.15, -0.1) is 11.3 Å². The Balaban J connectivity index is 1.64. The predicted molar refractivity (Wildman–Crippen MR) is 128 cm³/mol. The highest BCUT2D eigenvalue weighted by Crippen LogP contribution is 2.37. The molecule has 4 N–H and O–H groups in total. The minimum atomic E-state index is -0.445. The molecule has 0 aliphatic rings. The average molecular weight is 442 g/mol. The van der Waals surface area contributed by atoms with Crippen LogP contribution in [-0.2, 0) is 13.5 Å². The van der Waals surface area contributed by atoms with Crippen LogP contribution < -0.4 is 11.5 Å². The van der Waals surface area contributed by atoms with Crippen LogP contribution in [0.3, 0.4) is 0 Å². The van der Waals surface area contributed by atoms with Crippen LogP contribution in [0.4, 0.5) is 0 Å². The van der Waals surface area contributed by atoms with Crippen molar-refractivity contribution in [2.24, 2.45) is 18.5 Å². The largest absolute Gasteiger partial charge is 0.326 e. The molecule has 0 saturated heterocycles. The zero-order chi connectivity index (χ0) is 22.1. The maximum absolute atomic E-state index is 6.72. The Morgan fingerprint density at radius 1 is 0.969 bits per heavy atom. The van der Waals surface area contributed by atoms with Gasteiger partial charge in [0.1, 0.15) is 0 Å². The molecule has 0 spiro atoms. The summed E-state index contributed by atoms with van der Waals surface area (Å²) in [5.74, 6) is 0.610. The standard InChI is InChI=1S/C24H23N7S/c1-31-19(9-12-28-31)17-14-32-23-21(17)29-24(16-7-10-27-11-8-16)30-22(23)20(26)18(25)13-15-5-3-2-4-6-15/h2-12,14,18,20H,13,25-26H2,1H3. The number of nitrogens with two attached hydrogens (primary N) is 2. The maximum atomic E-state index is 6.72. The molecule has 0 bridgehead atoms. The number of fused-ring (bicyclic) bond motifs is 1. The molecule has 160 valence electrons. The normalized spacial score (nSPS) is 13.3. The number of hydrogen-bond acceptors (Lipinski definition) is 7. The van der Waals surface area contributed by atoms with Gasteiger partial charge in [0.2, 0.25) is 0 Å². The highest BCUT2D eigenvalue weighted by atomic mass is 32.1. The first-order chi connectivity index (χ1) is 15.6. The lowest BCUT2D eigenvalue weighted by Gasteiger charge is -2.21. The summed E-state index contributed by atoms with van der Waals surface area (Å²) in [6.45, 7) is 0. The third kappa shape index (κ3) is 3.80. The van der Waals surface area contributed by atoms with E-state index >= 15 is 0 Å². The number of aromatic nitrogens is 5. The van der Waals surface area contributed by atoms with Crippen LogP contribution in [0.2, 0.25) is 0 Å². The van der Waals surface area contributed by atoms with E-state index in [0.29, 0.717) is 12.2 Å². The average Bonchev–Trinajstić information content (AvgIpc) is 3.44. The predicted octanol–water partition coefficient (Wildman–Crippen LogP) is 3.72. The van der Waals surface area contributed by atoms with Crippen molar-refractivity contribution >= 4 is 21.6 Å². The van der Waals surface area contributed by atoms with E-state index < -0.39 is 6.04 Å². The first-order valence-corrected chi connectivity index (χ1v) is 11.2. The summed E-state index contributed by atoms with van der Waals surface area (Å²) in [6.07, 6.45) is 5.92. The van der Waals surface area contributed by atoms with Crippen molar-refractivity contribution in [3.63, 3.8) is 0 Å². The fraction of sp³-hybridized carbons (Fsp3) is 0.167. The molecular weight excluding hydrogens is 418 g/mol. The monoisotopic (exact) mass is 441 g/mol. The number of pyridine rings is 1. The molecule has 4 heterocycles. The van der Waals surface area contributed by atoms with Crippen LogP contribution >= 0.6 is 11.3 Å². The number of aryl methyl sites for hydroxylation is 1. The summed E-state index contributed by atoms with van der Waals surface area (Å²) < 4.78 is 2.80. The first-order valence-electron chi connectivity index (χ1n) is 10.3. The molecule has 0 fully saturated rings. The smallest absolute Gasteiger partial charge is 0.160 e. The van der Waals surface area contributed by atoms with Gasteiger partial charge in [0.25, 0.3) is 0 Å². The molecule has 5 aromatic rings. The van der Waals surface area contributed by atoms with Crippen LogP contribution in [0, 0.1) is 0 Å². The summed E-state index contributed by atoms with van der Waals surface area (Å²) in [4.78, 5) is 13.9. The van der Waals surface area contributed by atoms with Gasteiger partial charge in [-0.05, 0) is 30.2 Å². The second kappa shape index (κ2) is 8.58. The quantitative estimate of drug-likeness (QED) is 0.416. The molecule has 8 heteroatoms. The van der Waals surface area contributed by atoms with E-state index in [2.05, 4.69) is 27.6 Å². The van der Waals surface area contributed by atoms with Crippen molar-refractivity contribution in [1.82, 2.24) is 24.7 Å². The highest BCUT2D eigenvalue weighted by Gasteiger charge is 2.24. The lowest BCUT2D eigenvalue weighted by atomic mass is 9.97. The number of rotatable bonds is 6. The van der Waals surface area contributed by atoms with E-state index in [1.54, 1.807) is 29.9 Å². The summed E-state index contributed by atoms with van der Waals surface area (Å²) in [7, 11) is 1.92. The van der Waals surface area contributed by atoms with Gasteiger partial charge in [-0.1, -0.05) is 30.3 Å². The topological polar surface area (TPSA) is 109 Å². The minimum absolute atomic E-state index is 0.289. The second-order valence-electron chi connectivity index (χ2n) is 7.71. The van der Waals surface area contributed by atoms with Crippen LogP contribution in [0.5, 0.6) is 0 Å². The molecule has 32 heavy (non-hydrogen) atoms. The van der Waals surface area contributed by atoms with E-state index in [9.17, 15) is 0 Å². The Morgan fingerprint density at radius 2 is 1.75 bits per heavy atom. The van der Waals surface area contributed by atoms with Gasteiger partial charge in [-0.3, -0.25) is 9.67 Å². The zero-order valence-electron chi connectivity index (χ0n) is 17.6. The lowest BCUT2D eigenvalue weighted by Crippen LogP contribution is -2.36. The maximum Gasteiger partial charge on any atom is 0.160 e. The van der Waals surface area contributed by atoms with Gasteiger partial charge in [-0.2, -0.15) is 5.10 Å². The second-order valence-corrected chi connectivity index (χ2v) is 8.59. The van der Waals surface area contributed by atoms with Crippen molar-refractivity contribution in [3.05, 3.63) is 83.8 Å². The third-order valence-electron chi connectivity index (χ3n) is 5.57. The molecule has 5 rings (SSSR count). The molecule has 1 aromatic carbocycles. The van der Waals surface area contributed by atoms with Gasteiger partial charge in [0, 0.05) is 48.2 Å². The highest BCUT2D eigenvalue weighted by molar-refractivity contribution is 7.17. The van der Waals surface area contributed by atoms with E-state index in [4.69, 9.17) is 21.4 Å². The number of thiophene rings is 1. The zero-order valence-corrected chi connectivity index (χ0v) is 18.4. The molecule has 2 unspecified atom stereocenters. The molecular formula is C24H23N7S. The molecule has 4 aromatic heterocycles. The van der Waals surface area contributed by atoms with E-state index in [1.165, 1.54) is 0 Å². The molecule has 7 nitrogen and oxygen atoms in total. The Hall–Kier alpha value is -3.46. The number of benzene rings is 1. The fourth-order valence-electron chi connectivity index (χ4n) is 3.83. The Bertz CT molecular complexity index is 1350. The molecule has 0 saturated carbocycles. The Labute approximate surface area is 189 Å². The molecule has 0 amide bonds. The van der Waals surface area contributed by atoms with Gasteiger partial charge in [0.15, 0.2) is 5.82 Å². The minimum Gasteiger partial charge on any atom is -0.326 e. The van der Waals surface area contributed by atoms with Gasteiger partial charge >= 0.3 is 0 Å². The van der Waals surface area contributed by atoms with Gasteiger partial charge in [0.05, 0.1) is 27.6 Å². The van der Waals surface area contributed by atoms with Crippen molar-refractivity contribution in [3.8, 4) is 22.6 Å². The van der Waals surface area contributed by atoms with E-state index in [-0.39, 0.29) is 6.04 Å². The molecule has 0 radical (unpaired) electrons. The van der Waals surface area contributed by atoms with Crippen LogP contribution in [-0.4, -0.2) is 30.8 Å². The first kappa shape index (κ1) is 20.4. The lowest BCUT2D eigenvalue weighted by molar-refractivity contribution is 0.537. The summed E-state index contributed by atoms with van der Waals surface area (Å²) in [6, 6.07) is 15.2.